The summed E-state index contributed by atoms with van der Waals surface area (Å²) < 4.78 is 0. The molecule has 19 heavy (non-hydrogen) atoms. The summed E-state index contributed by atoms with van der Waals surface area (Å²) in [4.78, 5) is 13.2. The van der Waals surface area contributed by atoms with E-state index >= 15 is 0 Å². The summed E-state index contributed by atoms with van der Waals surface area (Å²) in [5, 5.41) is 0.743. The molecule has 0 amide bonds. The van der Waals surface area contributed by atoms with Gasteiger partial charge in [0.15, 0.2) is 0 Å². The van der Waals surface area contributed by atoms with Crippen LogP contribution in [0.2, 0.25) is 10.4 Å². The second kappa shape index (κ2) is 5.08. The zero-order valence-electron chi connectivity index (χ0n) is 11.2. The van der Waals surface area contributed by atoms with Crippen molar-refractivity contribution in [3.63, 3.8) is 0 Å². The van der Waals surface area contributed by atoms with E-state index in [1.165, 1.54) is 19.4 Å². The normalized spacial score (nSPS) is 24.8. The van der Waals surface area contributed by atoms with Gasteiger partial charge >= 0.3 is 0 Å². The minimum absolute atomic E-state index is 0.239. The topological polar surface area (TPSA) is 32.3 Å². The molecule has 3 heterocycles. The van der Waals surface area contributed by atoms with Gasteiger partial charge in [0.1, 0.15) is 11.0 Å². The highest BCUT2D eigenvalue weighted by Crippen LogP contribution is 2.35. The summed E-state index contributed by atoms with van der Waals surface area (Å²) in [5.41, 5.74) is 1.04. The lowest BCUT2D eigenvalue weighted by atomic mass is 10.1. The van der Waals surface area contributed by atoms with E-state index in [4.69, 9.17) is 23.2 Å². The summed E-state index contributed by atoms with van der Waals surface area (Å²) in [6.45, 7) is 4.40. The van der Waals surface area contributed by atoms with E-state index in [1.54, 1.807) is 0 Å². The van der Waals surface area contributed by atoms with E-state index in [2.05, 4.69) is 33.7 Å². The fourth-order valence-corrected chi connectivity index (χ4v) is 3.83. The fourth-order valence-electron chi connectivity index (χ4n) is 3.36. The van der Waals surface area contributed by atoms with Crippen molar-refractivity contribution in [2.45, 2.75) is 38.3 Å². The standard InChI is InChI=1S/C13H18Cl2N4/c1-8(10-4-3-6-18(10)2)19-7-5-9-11(14)16-13(15)17-12(9)19/h8,10H,3-7H2,1-2H3. The van der Waals surface area contributed by atoms with Gasteiger partial charge in [0, 0.05) is 24.2 Å². The average Bonchev–Trinajstić information content (AvgIpc) is 2.94. The maximum atomic E-state index is 6.16. The molecular weight excluding hydrogens is 283 g/mol. The third-order valence-corrected chi connectivity index (χ3v) is 4.89. The zero-order chi connectivity index (χ0) is 13.6. The highest BCUT2D eigenvalue weighted by atomic mass is 35.5. The molecule has 1 fully saturated rings. The Morgan fingerprint density at radius 1 is 1.26 bits per heavy atom. The number of rotatable bonds is 2. The highest BCUT2D eigenvalue weighted by molar-refractivity contribution is 6.32. The van der Waals surface area contributed by atoms with Crippen LogP contribution < -0.4 is 4.90 Å². The van der Waals surface area contributed by atoms with Gasteiger partial charge in [0.2, 0.25) is 5.28 Å². The number of likely N-dealkylation sites (tertiary alicyclic amines) is 1. The molecule has 3 rings (SSSR count). The lowest BCUT2D eigenvalue weighted by molar-refractivity contribution is 0.273. The maximum absolute atomic E-state index is 6.16. The van der Waals surface area contributed by atoms with Crippen molar-refractivity contribution in [2.75, 3.05) is 25.0 Å². The Labute approximate surface area is 123 Å². The van der Waals surface area contributed by atoms with Gasteiger partial charge in [0.25, 0.3) is 0 Å². The molecule has 4 nitrogen and oxygen atoms in total. The Bertz CT molecular complexity index is 494. The molecule has 0 aliphatic carbocycles. The minimum Gasteiger partial charge on any atom is -0.352 e. The maximum Gasteiger partial charge on any atom is 0.225 e. The molecule has 1 aromatic rings. The lowest BCUT2D eigenvalue weighted by Gasteiger charge is -2.34. The molecule has 0 saturated carbocycles. The van der Waals surface area contributed by atoms with Crippen molar-refractivity contribution in [1.82, 2.24) is 14.9 Å². The van der Waals surface area contributed by atoms with Crippen LogP contribution in [0, 0.1) is 0 Å². The third kappa shape index (κ3) is 2.30. The SMILES string of the molecule is CC(C1CCCN1C)N1CCc2c(Cl)nc(Cl)nc21. The molecular formula is C13H18Cl2N4. The number of anilines is 1. The first-order valence-corrected chi connectivity index (χ1v) is 7.52. The van der Waals surface area contributed by atoms with Crippen LogP contribution in [0.25, 0.3) is 0 Å². The molecule has 2 atom stereocenters. The molecule has 104 valence electrons. The molecule has 2 unspecified atom stereocenters. The minimum atomic E-state index is 0.239. The van der Waals surface area contributed by atoms with E-state index in [0.29, 0.717) is 17.2 Å². The van der Waals surface area contributed by atoms with Gasteiger partial charge in [-0.25, -0.2) is 9.97 Å². The van der Waals surface area contributed by atoms with Crippen LogP contribution in [0.5, 0.6) is 0 Å². The van der Waals surface area contributed by atoms with E-state index in [-0.39, 0.29) is 5.28 Å². The Morgan fingerprint density at radius 3 is 2.74 bits per heavy atom. The number of halogens is 2. The predicted octanol–water partition coefficient (Wildman–Crippen LogP) is 2.63. The second-order valence-electron chi connectivity index (χ2n) is 5.46. The molecule has 2 aliphatic rings. The molecule has 0 aromatic carbocycles. The summed E-state index contributed by atoms with van der Waals surface area (Å²) >= 11 is 12.1. The van der Waals surface area contributed by atoms with E-state index in [1.807, 2.05) is 0 Å². The Hall–Kier alpha value is -0.580. The third-order valence-electron chi connectivity index (χ3n) is 4.41. The van der Waals surface area contributed by atoms with Crippen molar-refractivity contribution < 1.29 is 0 Å². The molecule has 6 heteroatoms. The smallest absolute Gasteiger partial charge is 0.225 e. The van der Waals surface area contributed by atoms with Crippen LogP contribution >= 0.6 is 23.2 Å². The molecule has 0 spiro atoms. The van der Waals surface area contributed by atoms with Crippen LogP contribution in [0.15, 0.2) is 0 Å². The number of aromatic nitrogens is 2. The molecule has 0 bridgehead atoms. The van der Waals surface area contributed by atoms with Crippen molar-refractivity contribution >= 4 is 29.0 Å². The molecule has 2 aliphatic heterocycles. The first-order valence-electron chi connectivity index (χ1n) is 6.76. The summed E-state index contributed by atoms with van der Waals surface area (Å²) in [7, 11) is 2.20. The van der Waals surface area contributed by atoms with Crippen LogP contribution in [0.3, 0.4) is 0 Å². The van der Waals surface area contributed by atoms with E-state index in [9.17, 15) is 0 Å². The summed E-state index contributed by atoms with van der Waals surface area (Å²) in [6, 6.07) is 1.01. The van der Waals surface area contributed by atoms with Gasteiger partial charge in [-0.15, -0.1) is 0 Å². The zero-order valence-corrected chi connectivity index (χ0v) is 12.7. The summed E-state index contributed by atoms with van der Waals surface area (Å²) in [5.74, 6) is 0.929. The number of likely N-dealkylation sites (N-methyl/N-ethyl adjacent to an activating group) is 1. The monoisotopic (exact) mass is 300 g/mol. The number of fused-ring (bicyclic) bond motifs is 1. The Kier molecular flexibility index (Phi) is 3.58. The first-order chi connectivity index (χ1) is 9.08. The Balaban J connectivity index is 1.89. The van der Waals surface area contributed by atoms with Crippen molar-refractivity contribution in [1.29, 1.82) is 0 Å². The van der Waals surface area contributed by atoms with Gasteiger partial charge in [-0.1, -0.05) is 11.6 Å². The highest BCUT2D eigenvalue weighted by Gasteiger charge is 2.35. The molecule has 1 saturated heterocycles. The average molecular weight is 301 g/mol. The van der Waals surface area contributed by atoms with Crippen LogP contribution in [-0.4, -0.2) is 47.1 Å². The largest absolute Gasteiger partial charge is 0.352 e. The molecule has 0 radical (unpaired) electrons. The van der Waals surface area contributed by atoms with Gasteiger partial charge in [0.05, 0.1) is 0 Å². The lowest BCUT2D eigenvalue weighted by Crippen LogP contribution is -2.46. The predicted molar refractivity (Wildman–Crippen MR) is 78.2 cm³/mol. The number of nitrogens with zero attached hydrogens (tertiary/aromatic N) is 4. The van der Waals surface area contributed by atoms with Gasteiger partial charge in [-0.05, 0) is 51.4 Å². The van der Waals surface area contributed by atoms with E-state index < -0.39 is 0 Å². The fraction of sp³-hybridized carbons (Fsp3) is 0.692. The quantitative estimate of drug-likeness (QED) is 0.621. The van der Waals surface area contributed by atoms with Crippen LogP contribution in [0.4, 0.5) is 5.82 Å². The van der Waals surface area contributed by atoms with Crippen LogP contribution in [0.1, 0.15) is 25.3 Å². The first kappa shape index (κ1) is 13.4. The molecule has 0 N–H and O–H groups in total. The number of hydrogen-bond acceptors (Lipinski definition) is 4. The van der Waals surface area contributed by atoms with Gasteiger partial charge < -0.3 is 9.80 Å². The van der Waals surface area contributed by atoms with Crippen molar-refractivity contribution in [2.24, 2.45) is 0 Å². The van der Waals surface area contributed by atoms with Gasteiger partial charge in [-0.2, -0.15) is 0 Å². The summed E-state index contributed by atoms with van der Waals surface area (Å²) in [6.07, 6.45) is 3.43. The Morgan fingerprint density at radius 2 is 2.05 bits per heavy atom. The van der Waals surface area contributed by atoms with Gasteiger partial charge in [-0.3, -0.25) is 0 Å². The second-order valence-corrected chi connectivity index (χ2v) is 6.16. The number of hydrogen-bond donors (Lipinski definition) is 0. The van der Waals surface area contributed by atoms with Crippen molar-refractivity contribution in [3.05, 3.63) is 16.0 Å². The van der Waals surface area contributed by atoms with E-state index in [0.717, 1.165) is 24.3 Å². The van der Waals surface area contributed by atoms with Crippen molar-refractivity contribution in [3.8, 4) is 0 Å². The molecule has 1 aromatic heterocycles. The van der Waals surface area contributed by atoms with Crippen LogP contribution in [-0.2, 0) is 6.42 Å².